The van der Waals surface area contributed by atoms with Crippen LogP contribution in [0.3, 0.4) is 0 Å². The van der Waals surface area contributed by atoms with Gasteiger partial charge in [-0.1, -0.05) is 24.6 Å². The highest BCUT2D eigenvalue weighted by Crippen LogP contribution is 2.37. The fourth-order valence-electron chi connectivity index (χ4n) is 3.80. The summed E-state index contributed by atoms with van der Waals surface area (Å²) in [5.74, 6) is -0.191. The zero-order valence-corrected chi connectivity index (χ0v) is 16.3. The first-order valence-electron chi connectivity index (χ1n) is 8.85. The number of esters is 1. The van der Waals surface area contributed by atoms with Gasteiger partial charge in [-0.25, -0.2) is 4.98 Å². The van der Waals surface area contributed by atoms with E-state index in [1.165, 1.54) is 11.8 Å². The average Bonchev–Trinajstić information content (AvgIpc) is 3.23. The second-order valence-electron chi connectivity index (χ2n) is 7.06. The molecule has 0 N–H and O–H groups in total. The second kappa shape index (κ2) is 6.43. The Balaban J connectivity index is 1.85. The molecule has 2 unspecified atom stereocenters. The van der Waals surface area contributed by atoms with Gasteiger partial charge in [-0.15, -0.1) is 11.3 Å². The molecule has 2 atom stereocenters. The lowest BCUT2D eigenvalue weighted by Gasteiger charge is -2.19. The Bertz CT molecular complexity index is 896. The fraction of sp³-hybridized carbons (Fsp3) is 0.611. The molecule has 2 aliphatic rings. The summed E-state index contributed by atoms with van der Waals surface area (Å²) in [4.78, 5) is 32.1. The van der Waals surface area contributed by atoms with E-state index in [1.807, 2.05) is 25.3 Å². The van der Waals surface area contributed by atoms with Gasteiger partial charge in [-0.3, -0.25) is 14.2 Å². The number of aryl methyl sites for hydroxylation is 2. The van der Waals surface area contributed by atoms with Crippen LogP contribution in [0.2, 0.25) is 0 Å². The third-order valence-electron chi connectivity index (χ3n) is 5.27. The first-order valence-corrected chi connectivity index (χ1v) is 10.5. The van der Waals surface area contributed by atoms with Gasteiger partial charge >= 0.3 is 5.97 Å². The summed E-state index contributed by atoms with van der Waals surface area (Å²) < 4.78 is 7.15. The maximum Gasteiger partial charge on any atom is 0.319 e. The van der Waals surface area contributed by atoms with Crippen molar-refractivity contribution in [1.82, 2.24) is 9.55 Å². The van der Waals surface area contributed by atoms with Gasteiger partial charge in [0, 0.05) is 17.3 Å². The van der Waals surface area contributed by atoms with Gasteiger partial charge in [0.1, 0.15) is 16.2 Å². The predicted molar refractivity (Wildman–Crippen MR) is 101 cm³/mol. The van der Waals surface area contributed by atoms with Crippen molar-refractivity contribution in [3.05, 3.63) is 20.8 Å². The monoisotopic (exact) mass is 378 g/mol. The molecule has 0 bridgehead atoms. The third-order valence-corrected chi connectivity index (χ3v) is 7.54. The van der Waals surface area contributed by atoms with E-state index in [4.69, 9.17) is 9.72 Å². The number of thioether (sulfide) groups is 1. The Morgan fingerprint density at radius 1 is 1.24 bits per heavy atom. The van der Waals surface area contributed by atoms with E-state index < -0.39 is 0 Å². The zero-order valence-electron chi connectivity index (χ0n) is 14.7. The van der Waals surface area contributed by atoms with Crippen LogP contribution in [0.4, 0.5) is 0 Å². The number of carbonyl (C=O) groups is 1. The number of thiophene rings is 1. The molecule has 1 aliphatic carbocycles. The van der Waals surface area contributed by atoms with Gasteiger partial charge in [0.05, 0.1) is 5.39 Å². The highest BCUT2D eigenvalue weighted by atomic mass is 32.2. The number of hydrogen-bond donors (Lipinski definition) is 0. The fourth-order valence-corrected chi connectivity index (χ4v) is 6.14. The molecule has 3 heterocycles. The molecule has 134 valence electrons. The molecular formula is C18H22N2O3S2. The minimum atomic E-state index is -0.269. The van der Waals surface area contributed by atoms with Crippen LogP contribution >= 0.6 is 23.1 Å². The van der Waals surface area contributed by atoms with E-state index in [0.717, 1.165) is 46.3 Å². The minimum absolute atomic E-state index is 0.0562. The number of aromatic nitrogens is 2. The smallest absolute Gasteiger partial charge is 0.319 e. The highest BCUT2D eigenvalue weighted by Gasteiger charge is 2.35. The first-order chi connectivity index (χ1) is 12.0. The number of rotatable bonds is 3. The van der Waals surface area contributed by atoms with Crippen molar-refractivity contribution in [2.75, 3.05) is 0 Å². The van der Waals surface area contributed by atoms with Gasteiger partial charge in [0.25, 0.3) is 5.56 Å². The molecule has 0 aromatic carbocycles. The van der Waals surface area contributed by atoms with Crippen molar-refractivity contribution < 1.29 is 9.53 Å². The van der Waals surface area contributed by atoms with Crippen LogP contribution in [0, 0.1) is 13.8 Å². The molecule has 1 saturated carbocycles. The van der Waals surface area contributed by atoms with E-state index in [9.17, 15) is 9.59 Å². The summed E-state index contributed by atoms with van der Waals surface area (Å²) in [7, 11) is 0. The second-order valence-corrected chi connectivity index (χ2v) is 9.43. The van der Waals surface area contributed by atoms with Crippen molar-refractivity contribution >= 4 is 39.3 Å². The van der Waals surface area contributed by atoms with Gasteiger partial charge in [-0.05, 0) is 39.2 Å². The Morgan fingerprint density at radius 3 is 2.60 bits per heavy atom. The molecule has 2 aromatic heterocycles. The molecule has 1 saturated heterocycles. The van der Waals surface area contributed by atoms with Crippen molar-refractivity contribution in [3.8, 4) is 0 Å². The average molecular weight is 379 g/mol. The van der Waals surface area contributed by atoms with E-state index in [0.29, 0.717) is 11.6 Å². The summed E-state index contributed by atoms with van der Waals surface area (Å²) in [6.07, 6.45) is 4.91. The zero-order chi connectivity index (χ0) is 17.7. The highest BCUT2D eigenvalue weighted by molar-refractivity contribution is 8.00. The quantitative estimate of drug-likeness (QED) is 0.597. The molecule has 0 amide bonds. The largest absolute Gasteiger partial charge is 0.462 e. The van der Waals surface area contributed by atoms with Crippen molar-refractivity contribution in [2.45, 2.75) is 75.4 Å². The summed E-state index contributed by atoms with van der Waals surface area (Å²) in [5, 5.41) is 1.16. The molecule has 7 heteroatoms. The Hall–Kier alpha value is -1.34. The van der Waals surface area contributed by atoms with Crippen LogP contribution < -0.4 is 5.56 Å². The Labute approximate surface area is 154 Å². The lowest BCUT2D eigenvalue weighted by Crippen LogP contribution is -2.27. The van der Waals surface area contributed by atoms with Crippen LogP contribution in [-0.4, -0.2) is 26.9 Å². The van der Waals surface area contributed by atoms with Crippen molar-refractivity contribution in [3.63, 3.8) is 0 Å². The van der Waals surface area contributed by atoms with Crippen molar-refractivity contribution in [1.29, 1.82) is 0 Å². The number of nitrogens with zero attached hydrogens (tertiary/aromatic N) is 2. The summed E-state index contributed by atoms with van der Waals surface area (Å²) >= 11 is 2.97. The van der Waals surface area contributed by atoms with Crippen molar-refractivity contribution in [2.24, 2.45) is 0 Å². The first kappa shape index (κ1) is 17.1. The molecular weight excluding hydrogens is 356 g/mol. The number of fused-ring (bicyclic) bond motifs is 1. The summed E-state index contributed by atoms with van der Waals surface area (Å²) in [6.45, 7) is 5.94. The predicted octanol–water partition coefficient (Wildman–Crippen LogP) is 3.99. The van der Waals surface area contributed by atoms with Crippen LogP contribution in [-0.2, 0) is 9.53 Å². The van der Waals surface area contributed by atoms with E-state index in [1.54, 1.807) is 11.3 Å². The standard InChI is InChI=1S/C18H22N2O3S2/c1-9-8-13(17(22)23-9)25-18-19-15-14(10(2)11(3)24-15)16(21)20(18)12-6-4-5-7-12/h9,12-13H,4-8H2,1-3H3. The Kier molecular flexibility index (Phi) is 4.40. The van der Waals surface area contributed by atoms with E-state index in [-0.39, 0.29) is 28.9 Å². The number of hydrogen-bond acceptors (Lipinski definition) is 6. The molecule has 0 radical (unpaired) electrons. The lowest BCUT2D eigenvalue weighted by molar-refractivity contribution is -0.140. The van der Waals surface area contributed by atoms with E-state index >= 15 is 0 Å². The number of cyclic esters (lactones) is 1. The number of carbonyl (C=O) groups excluding carboxylic acids is 1. The summed E-state index contributed by atoms with van der Waals surface area (Å²) in [6, 6.07) is 0.196. The van der Waals surface area contributed by atoms with Crippen LogP contribution in [0.15, 0.2) is 9.95 Å². The SMILES string of the molecule is Cc1sc2nc(SC3CC(C)OC3=O)n(C3CCCC3)c(=O)c2c1C. The number of ether oxygens (including phenoxy) is 1. The third kappa shape index (κ3) is 2.91. The summed E-state index contributed by atoms with van der Waals surface area (Å²) in [5.41, 5.74) is 1.09. The van der Waals surface area contributed by atoms with Crippen LogP contribution in [0.5, 0.6) is 0 Å². The molecule has 25 heavy (non-hydrogen) atoms. The van der Waals surface area contributed by atoms with E-state index in [2.05, 4.69) is 0 Å². The van der Waals surface area contributed by atoms with Gasteiger partial charge in [0.15, 0.2) is 5.16 Å². The minimum Gasteiger partial charge on any atom is -0.462 e. The van der Waals surface area contributed by atoms with Gasteiger partial charge in [-0.2, -0.15) is 0 Å². The molecule has 5 nitrogen and oxygen atoms in total. The molecule has 4 rings (SSSR count). The normalized spacial score (nSPS) is 24.4. The maximum atomic E-state index is 13.3. The Morgan fingerprint density at radius 2 is 1.96 bits per heavy atom. The van der Waals surface area contributed by atoms with Gasteiger partial charge in [0.2, 0.25) is 0 Å². The van der Waals surface area contributed by atoms with Gasteiger partial charge < -0.3 is 4.74 Å². The maximum absolute atomic E-state index is 13.3. The molecule has 0 spiro atoms. The van der Waals surface area contributed by atoms with Crippen LogP contribution in [0.1, 0.15) is 55.5 Å². The lowest BCUT2D eigenvalue weighted by atomic mass is 10.2. The molecule has 2 aromatic rings. The molecule has 1 aliphatic heterocycles. The van der Waals surface area contributed by atoms with Crippen LogP contribution in [0.25, 0.3) is 10.2 Å². The molecule has 2 fully saturated rings. The topological polar surface area (TPSA) is 61.2 Å².